The number of rotatable bonds is 4. The quantitative estimate of drug-likeness (QED) is 0.905. The average molecular weight is 292 g/mol. The summed E-state index contributed by atoms with van der Waals surface area (Å²) in [6, 6.07) is 4.27. The van der Waals surface area contributed by atoms with Crippen LogP contribution in [0.2, 0.25) is 0 Å². The van der Waals surface area contributed by atoms with Crippen molar-refractivity contribution in [1.29, 1.82) is 5.26 Å². The van der Waals surface area contributed by atoms with E-state index in [-0.39, 0.29) is 17.7 Å². The van der Waals surface area contributed by atoms with Gasteiger partial charge in [-0.05, 0) is 36.8 Å². The fraction of sp³-hybridized carbons (Fsp3) is 0.588. The van der Waals surface area contributed by atoms with Crippen LogP contribution >= 0.6 is 0 Å². The van der Waals surface area contributed by atoms with Crippen molar-refractivity contribution in [2.75, 3.05) is 0 Å². The molecule has 0 aliphatic heterocycles. The normalized spacial score (nSPS) is 22.3. The Labute approximate surface area is 125 Å². The van der Waals surface area contributed by atoms with Gasteiger partial charge in [0, 0.05) is 18.2 Å². The van der Waals surface area contributed by atoms with Crippen LogP contribution in [-0.4, -0.2) is 6.04 Å². The summed E-state index contributed by atoms with van der Waals surface area (Å²) < 4.78 is 27.8. The first-order valence-electron chi connectivity index (χ1n) is 7.64. The summed E-state index contributed by atoms with van der Waals surface area (Å²) in [6.45, 7) is 4.58. The maximum Gasteiger partial charge on any atom is 0.131 e. The van der Waals surface area contributed by atoms with Gasteiger partial charge >= 0.3 is 0 Å². The van der Waals surface area contributed by atoms with E-state index in [0.717, 1.165) is 18.6 Å². The molecule has 0 amide bonds. The number of nitrogens with one attached hydrogen (secondary N) is 1. The Hall–Kier alpha value is -1.47. The van der Waals surface area contributed by atoms with Crippen molar-refractivity contribution in [3.8, 4) is 6.07 Å². The zero-order chi connectivity index (χ0) is 15.4. The summed E-state index contributed by atoms with van der Waals surface area (Å²) in [4.78, 5) is 0. The zero-order valence-electron chi connectivity index (χ0n) is 12.6. The molecule has 1 aliphatic rings. The maximum absolute atomic E-state index is 13.9. The maximum atomic E-state index is 13.9. The number of hydrogen-bond acceptors (Lipinski definition) is 2. The van der Waals surface area contributed by atoms with E-state index in [1.165, 1.54) is 19.3 Å². The summed E-state index contributed by atoms with van der Waals surface area (Å²) >= 11 is 0. The van der Waals surface area contributed by atoms with E-state index in [9.17, 15) is 8.78 Å². The standard InChI is InChI=1S/C17H22F2N2/c1-11(2)13-5-3-4-6-17(13)21-10-14-15(18)7-12(9-20)8-16(14)19/h7-8,11,13,17,21H,3-6,10H2,1-2H3. The van der Waals surface area contributed by atoms with E-state index in [2.05, 4.69) is 19.2 Å². The molecule has 2 rings (SSSR count). The SMILES string of the molecule is CC(C)C1CCCCC1NCc1c(F)cc(C#N)cc1F. The highest BCUT2D eigenvalue weighted by Gasteiger charge is 2.27. The van der Waals surface area contributed by atoms with Gasteiger partial charge in [-0.15, -0.1) is 0 Å². The van der Waals surface area contributed by atoms with Crippen LogP contribution < -0.4 is 5.32 Å². The summed E-state index contributed by atoms with van der Waals surface area (Å²) in [7, 11) is 0. The minimum Gasteiger partial charge on any atom is -0.309 e. The fourth-order valence-corrected chi connectivity index (χ4v) is 3.28. The monoisotopic (exact) mass is 292 g/mol. The van der Waals surface area contributed by atoms with Gasteiger partial charge in [-0.3, -0.25) is 0 Å². The highest BCUT2D eigenvalue weighted by molar-refractivity contribution is 5.34. The van der Waals surface area contributed by atoms with Crippen molar-refractivity contribution < 1.29 is 8.78 Å². The lowest BCUT2D eigenvalue weighted by molar-refractivity contribution is 0.203. The van der Waals surface area contributed by atoms with Gasteiger partial charge in [-0.1, -0.05) is 26.7 Å². The van der Waals surface area contributed by atoms with E-state index >= 15 is 0 Å². The summed E-state index contributed by atoms with van der Waals surface area (Å²) in [5.74, 6) is -0.159. The van der Waals surface area contributed by atoms with Gasteiger partial charge in [0.1, 0.15) is 11.6 Å². The van der Waals surface area contributed by atoms with Crippen LogP contribution in [0.15, 0.2) is 12.1 Å². The fourth-order valence-electron chi connectivity index (χ4n) is 3.28. The molecule has 114 valence electrons. The largest absolute Gasteiger partial charge is 0.309 e. The highest BCUT2D eigenvalue weighted by Crippen LogP contribution is 2.30. The first-order valence-corrected chi connectivity index (χ1v) is 7.64. The first kappa shape index (κ1) is 15.9. The molecule has 0 radical (unpaired) electrons. The number of nitrogens with zero attached hydrogens (tertiary/aromatic N) is 1. The molecule has 0 aromatic heterocycles. The minimum atomic E-state index is -0.643. The lowest BCUT2D eigenvalue weighted by Crippen LogP contribution is -2.40. The van der Waals surface area contributed by atoms with Crippen molar-refractivity contribution in [3.05, 3.63) is 34.9 Å². The van der Waals surface area contributed by atoms with Gasteiger partial charge in [0.15, 0.2) is 0 Å². The van der Waals surface area contributed by atoms with E-state index in [0.29, 0.717) is 17.9 Å². The Morgan fingerprint density at radius 2 is 1.86 bits per heavy atom. The molecule has 2 unspecified atom stereocenters. The molecule has 0 heterocycles. The second kappa shape index (κ2) is 7.00. The first-order chi connectivity index (χ1) is 10.0. The molecule has 1 aromatic carbocycles. The molecule has 1 aliphatic carbocycles. The molecular weight excluding hydrogens is 270 g/mol. The summed E-state index contributed by atoms with van der Waals surface area (Å²) in [6.07, 6.45) is 4.63. The van der Waals surface area contributed by atoms with Crippen LogP contribution in [0.4, 0.5) is 8.78 Å². The third-order valence-electron chi connectivity index (χ3n) is 4.49. The van der Waals surface area contributed by atoms with E-state index in [1.807, 2.05) is 0 Å². The van der Waals surface area contributed by atoms with Crippen LogP contribution in [0, 0.1) is 34.8 Å². The van der Waals surface area contributed by atoms with Gasteiger partial charge in [0.2, 0.25) is 0 Å². The molecule has 1 saturated carbocycles. The Morgan fingerprint density at radius 3 is 2.43 bits per heavy atom. The van der Waals surface area contributed by atoms with Crippen LogP contribution in [-0.2, 0) is 6.54 Å². The molecule has 1 fully saturated rings. The van der Waals surface area contributed by atoms with E-state index in [1.54, 1.807) is 6.07 Å². The molecule has 1 aromatic rings. The van der Waals surface area contributed by atoms with Crippen molar-refractivity contribution in [2.45, 2.75) is 52.1 Å². The average Bonchev–Trinajstić information content (AvgIpc) is 2.46. The third kappa shape index (κ3) is 3.79. The molecule has 4 heteroatoms. The van der Waals surface area contributed by atoms with Crippen molar-refractivity contribution in [2.24, 2.45) is 11.8 Å². The second-order valence-corrected chi connectivity index (χ2v) is 6.21. The number of nitriles is 1. The van der Waals surface area contributed by atoms with Gasteiger partial charge < -0.3 is 5.32 Å². The predicted molar refractivity (Wildman–Crippen MR) is 78.5 cm³/mol. The molecule has 0 spiro atoms. The Bertz CT molecular complexity index is 511. The smallest absolute Gasteiger partial charge is 0.131 e. The summed E-state index contributed by atoms with van der Waals surface area (Å²) in [5, 5.41) is 12.0. The molecule has 0 saturated heterocycles. The second-order valence-electron chi connectivity index (χ2n) is 6.21. The van der Waals surface area contributed by atoms with Crippen LogP contribution in [0.5, 0.6) is 0 Å². The van der Waals surface area contributed by atoms with Crippen LogP contribution in [0.25, 0.3) is 0 Å². The van der Waals surface area contributed by atoms with Crippen LogP contribution in [0.1, 0.15) is 50.7 Å². The van der Waals surface area contributed by atoms with Crippen molar-refractivity contribution in [1.82, 2.24) is 5.32 Å². The highest BCUT2D eigenvalue weighted by atomic mass is 19.1. The molecule has 1 N–H and O–H groups in total. The van der Waals surface area contributed by atoms with Gasteiger partial charge in [-0.25, -0.2) is 8.78 Å². The van der Waals surface area contributed by atoms with Gasteiger partial charge in [0.25, 0.3) is 0 Å². The Kier molecular flexibility index (Phi) is 5.30. The van der Waals surface area contributed by atoms with Gasteiger partial charge in [0.05, 0.1) is 11.6 Å². The number of hydrogen-bond donors (Lipinski definition) is 1. The number of benzene rings is 1. The van der Waals surface area contributed by atoms with Crippen LogP contribution in [0.3, 0.4) is 0 Å². The summed E-state index contributed by atoms with van der Waals surface area (Å²) in [5.41, 5.74) is 0.0496. The molecule has 0 bridgehead atoms. The molecule has 2 nitrogen and oxygen atoms in total. The van der Waals surface area contributed by atoms with Gasteiger partial charge in [-0.2, -0.15) is 5.26 Å². The Balaban J connectivity index is 2.07. The van der Waals surface area contributed by atoms with Crippen molar-refractivity contribution >= 4 is 0 Å². The topological polar surface area (TPSA) is 35.8 Å². The lowest BCUT2D eigenvalue weighted by Gasteiger charge is -2.35. The molecular formula is C17H22F2N2. The Morgan fingerprint density at radius 1 is 1.24 bits per heavy atom. The third-order valence-corrected chi connectivity index (χ3v) is 4.49. The zero-order valence-corrected chi connectivity index (χ0v) is 12.6. The lowest BCUT2D eigenvalue weighted by atomic mass is 9.78. The van der Waals surface area contributed by atoms with E-state index < -0.39 is 11.6 Å². The number of halogens is 2. The van der Waals surface area contributed by atoms with Crippen molar-refractivity contribution in [3.63, 3.8) is 0 Å². The van der Waals surface area contributed by atoms with E-state index in [4.69, 9.17) is 5.26 Å². The predicted octanol–water partition coefficient (Wildman–Crippen LogP) is 4.14. The minimum absolute atomic E-state index is 0.0199. The molecule has 21 heavy (non-hydrogen) atoms. The molecule has 2 atom stereocenters.